The normalized spacial score (nSPS) is 25.6. The van der Waals surface area contributed by atoms with Gasteiger partial charge in [0.25, 0.3) is 0 Å². The van der Waals surface area contributed by atoms with E-state index in [2.05, 4.69) is 17.1 Å². The molecule has 0 amide bonds. The Morgan fingerprint density at radius 2 is 1.88 bits per heavy atom. The molecule has 1 heterocycles. The zero-order chi connectivity index (χ0) is 24.3. The van der Waals surface area contributed by atoms with Crippen LogP contribution < -0.4 is 4.74 Å². The van der Waals surface area contributed by atoms with Crippen LogP contribution in [0.3, 0.4) is 0 Å². The highest BCUT2D eigenvalue weighted by atomic mass is 35.5. The first-order chi connectivity index (χ1) is 16.4. The molecule has 4 atom stereocenters. The Morgan fingerprint density at radius 3 is 2.62 bits per heavy atom. The fourth-order valence-corrected chi connectivity index (χ4v) is 5.39. The van der Waals surface area contributed by atoms with E-state index >= 15 is 0 Å². The minimum absolute atomic E-state index is 0.0775. The second-order valence-electron chi connectivity index (χ2n) is 8.84. The molecular weight excluding hydrogens is 501 g/mol. The van der Waals surface area contributed by atoms with Crippen LogP contribution in [-0.2, 0) is 14.3 Å². The zero-order valence-corrected chi connectivity index (χ0v) is 21.6. The number of benzene rings is 1. The van der Waals surface area contributed by atoms with Gasteiger partial charge in [-0.25, -0.2) is 0 Å². The van der Waals surface area contributed by atoms with Crippen LogP contribution in [-0.4, -0.2) is 73.5 Å². The molecule has 1 aliphatic heterocycles. The van der Waals surface area contributed by atoms with Crippen LogP contribution in [0.15, 0.2) is 30.4 Å². The smallest absolute Gasteiger partial charge is 0.305 e. The van der Waals surface area contributed by atoms with Crippen LogP contribution in [0.1, 0.15) is 32.1 Å². The highest BCUT2D eigenvalue weighted by molar-refractivity contribution is 6.34. The Balaban J connectivity index is 1.33. The van der Waals surface area contributed by atoms with E-state index in [1.54, 1.807) is 18.2 Å². The van der Waals surface area contributed by atoms with Gasteiger partial charge in [-0.05, 0) is 49.8 Å². The summed E-state index contributed by atoms with van der Waals surface area (Å²) in [6.45, 7) is 4.81. The van der Waals surface area contributed by atoms with Gasteiger partial charge >= 0.3 is 5.97 Å². The van der Waals surface area contributed by atoms with Gasteiger partial charge in [0, 0.05) is 47.4 Å². The molecule has 0 radical (unpaired) electrons. The standard InChI is InChI=1S/C25H34Cl3NO5/c26-18-13-19(27)15-20(14-18)34-17-22-21(23(28)16-24(22)30)5-3-1-2-4-6-25(31)33-12-9-29-7-10-32-11-8-29/h1,3,13-15,21-24,30H,2,4-12,16-17H2/b3-1-/t21-,22-,23+,24-/m1/s1. The molecule has 2 fully saturated rings. The molecular formula is C25H34Cl3NO5. The first-order valence-electron chi connectivity index (χ1n) is 11.9. The fraction of sp³-hybridized carbons (Fsp3) is 0.640. The molecule has 9 heteroatoms. The monoisotopic (exact) mass is 533 g/mol. The minimum Gasteiger partial charge on any atom is -0.493 e. The van der Waals surface area contributed by atoms with Crippen molar-refractivity contribution in [2.24, 2.45) is 11.8 Å². The summed E-state index contributed by atoms with van der Waals surface area (Å²) < 4.78 is 16.5. The number of aliphatic hydroxyl groups is 1. The third kappa shape index (κ3) is 9.21. The second-order valence-corrected chi connectivity index (χ2v) is 10.3. The van der Waals surface area contributed by atoms with Gasteiger partial charge in [0.05, 0.1) is 25.9 Å². The number of hydrogen-bond acceptors (Lipinski definition) is 6. The van der Waals surface area contributed by atoms with Crippen molar-refractivity contribution >= 4 is 40.8 Å². The summed E-state index contributed by atoms with van der Waals surface area (Å²) in [5.74, 6) is 0.452. The molecule has 2 aliphatic rings. The number of nitrogens with zero attached hydrogens (tertiary/aromatic N) is 1. The predicted octanol–water partition coefficient (Wildman–Crippen LogP) is 4.97. The third-order valence-corrected chi connectivity index (χ3v) is 7.29. The molecule has 0 bridgehead atoms. The molecule has 1 saturated heterocycles. The van der Waals surface area contributed by atoms with Gasteiger partial charge in [-0.1, -0.05) is 35.4 Å². The van der Waals surface area contributed by atoms with E-state index in [-0.39, 0.29) is 23.2 Å². The lowest BCUT2D eigenvalue weighted by molar-refractivity contribution is -0.144. The van der Waals surface area contributed by atoms with Crippen molar-refractivity contribution in [1.29, 1.82) is 0 Å². The number of rotatable bonds is 12. The maximum atomic E-state index is 11.9. The largest absolute Gasteiger partial charge is 0.493 e. The van der Waals surface area contributed by atoms with Crippen LogP contribution in [0, 0.1) is 11.8 Å². The molecule has 0 unspecified atom stereocenters. The van der Waals surface area contributed by atoms with Gasteiger partial charge in [0.15, 0.2) is 0 Å². The van der Waals surface area contributed by atoms with Crippen molar-refractivity contribution < 1.29 is 24.1 Å². The van der Waals surface area contributed by atoms with Crippen molar-refractivity contribution in [3.8, 4) is 5.75 Å². The lowest BCUT2D eigenvalue weighted by atomic mass is 9.92. The van der Waals surface area contributed by atoms with Crippen molar-refractivity contribution in [3.05, 3.63) is 40.4 Å². The predicted molar refractivity (Wildman–Crippen MR) is 135 cm³/mol. The molecule has 1 N–H and O–H groups in total. The van der Waals surface area contributed by atoms with Gasteiger partial charge in [0.1, 0.15) is 12.4 Å². The van der Waals surface area contributed by atoms with E-state index in [0.29, 0.717) is 41.9 Å². The number of ether oxygens (including phenoxy) is 3. The lowest BCUT2D eigenvalue weighted by Crippen LogP contribution is -2.38. The number of morpholine rings is 1. The minimum atomic E-state index is -0.511. The fourth-order valence-electron chi connectivity index (χ4n) is 4.42. The summed E-state index contributed by atoms with van der Waals surface area (Å²) in [4.78, 5) is 14.2. The summed E-state index contributed by atoms with van der Waals surface area (Å²) in [6.07, 6.45) is 6.89. The van der Waals surface area contributed by atoms with Crippen molar-refractivity contribution in [2.75, 3.05) is 46.1 Å². The lowest BCUT2D eigenvalue weighted by Gasteiger charge is -2.26. The van der Waals surface area contributed by atoms with Crippen molar-refractivity contribution in [2.45, 2.75) is 43.6 Å². The highest BCUT2D eigenvalue weighted by Gasteiger charge is 2.41. The molecule has 3 rings (SSSR count). The van der Waals surface area contributed by atoms with Gasteiger partial charge in [-0.15, -0.1) is 11.6 Å². The molecule has 1 aromatic carbocycles. The Hall–Kier alpha value is -1.02. The summed E-state index contributed by atoms with van der Waals surface area (Å²) in [7, 11) is 0. The van der Waals surface area contributed by atoms with Crippen LogP contribution in [0.4, 0.5) is 0 Å². The maximum Gasteiger partial charge on any atom is 0.305 e. The van der Waals surface area contributed by atoms with E-state index in [4.69, 9.17) is 49.0 Å². The Morgan fingerprint density at radius 1 is 1.15 bits per heavy atom. The Kier molecular flexibility index (Phi) is 11.8. The molecule has 6 nitrogen and oxygen atoms in total. The van der Waals surface area contributed by atoms with E-state index in [9.17, 15) is 9.90 Å². The molecule has 0 aromatic heterocycles. The SMILES string of the molecule is O=C(CCC/C=C\C[C@@H]1[C@@H](COc2cc(Cl)cc(Cl)c2)[C@H](O)C[C@@H]1Cl)OCCN1CCOCC1. The molecule has 1 aliphatic carbocycles. The average Bonchev–Trinajstić information content (AvgIpc) is 3.06. The number of carbonyl (C=O) groups excluding carboxylic acids is 1. The average molecular weight is 535 g/mol. The van der Waals surface area contributed by atoms with E-state index in [1.807, 2.05) is 0 Å². The van der Waals surface area contributed by atoms with Gasteiger partial charge in [0.2, 0.25) is 0 Å². The number of esters is 1. The summed E-state index contributed by atoms with van der Waals surface area (Å²) in [5, 5.41) is 11.4. The van der Waals surface area contributed by atoms with Gasteiger partial charge in [-0.3, -0.25) is 9.69 Å². The maximum absolute atomic E-state index is 11.9. The third-order valence-electron chi connectivity index (χ3n) is 6.35. The van der Waals surface area contributed by atoms with Crippen LogP contribution >= 0.6 is 34.8 Å². The Labute approximate surface area is 217 Å². The van der Waals surface area contributed by atoms with E-state index < -0.39 is 6.10 Å². The van der Waals surface area contributed by atoms with Crippen molar-refractivity contribution in [1.82, 2.24) is 4.90 Å². The molecule has 1 aromatic rings. The number of carbonyl (C=O) groups is 1. The molecule has 1 saturated carbocycles. The van der Waals surface area contributed by atoms with Crippen LogP contribution in [0.25, 0.3) is 0 Å². The highest BCUT2D eigenvalue weighted by Crippen LogP contribution is 2.39. The van der Waals surface area contributed by atoms with E-state index in [0.717, 1.165) is 52.1 Å². The van der Waals surface area contributed by atoms with Crippen molar-refractivity contribution in [3.63, 3.8) is 0 Å². The van der Waals surface area contributed by atoms with Gasteiger partial charge < -0.3 is 19.3 Å². The molecule has 0 spiro atoms. The quantitative estimate of drug-likeness (QED) is 0.177. The number of alkyl halides is 1. The number of allylic oxidation sites excluding steroid dienone is 2. The van der Waals surface area contributed by atoms with Crippen LogP contribution in [0.5, 0.6) is 5.75 Å². The number of halogens is 3. The molecule has 34 heavy (non-hydrogen) atoms. The topological polar surface area (TPSA) is 68.2 Å². The molecule has 190 valence electrons. The first-order valence-corrected chi connectivity index (χ1v) is 13.1. The number of unbranched alkanes of at least 4 members (excludes halogenated alkanes) is 1. The Bertz CT molecular complexity index is 783. The summed E-state index contributed by atoms with van der Waals surface area (Å²) in [5.41, 5.74) is 0. The first kappa shape index (κ1) is 27.6. The number of aliphatic hydroxyl groups excluding tert-OH is 1. The van der Waals surface area contributed by atoms with Gasteiger partial charge in [-0.2, -0.15) is 0 Å². The summed E-state index contributed by atoms with van der Waals surface area (Å²) >= 11 is 18.6. The number of hydrogen-bond donors (Lipinski definition) is 1. The van der Waals surface area contributed by atoms with Crippen LogP contribution in [0.2, 0.25) is 10.0 Å². The summed E-state index contributed by atoms with van der Waals surface area (Å²) in [6, 6.07) is 5.05. The van der Waals surface area contributed by atoms with E-state index in [1.165, 1.54) is 0 Å². The zero-order valence-electron chi connectivity index (χ0n) is 19.3. The second kappa shape index (κ2) is 14.5.